The monoisotopic (exact) mass is 282 g/mol. The van der Waals surface area contributed by atoms with Crippen LogP contribution in [-0.2, 0) is 0 Å². The summed E-state index contributed by atoms with van der Waals surface area (Å²) < 4.78 is 0. The van der Waals surface area contributed by atoms with E-state index in [1.54, 1.807) is 0 Å². The number of carboxylic acid groups (broad SMARTS) is 1. The van der Waals surface area contributed by atoms with Gasteiger partial charge in [-0.1, -0.05) is 0 Å². The molecule has 0 aromatic heterocycles. The van der Waals surface area contributed by atoms with Crippen molar-refractivity contribution < 1.29 is 14.8 Å². The van der Waals surface area contributed by atoms with Crippen molar-refractivity contribution in [1.82, 2.24) is 0 Å². The van der Waals surface area contributed by atoms with Crippen LogP contribution in [0.5, 0.6) is 0 Å². The molecular formula is C12H14N2O4S. The van der Waals surface area contributed by atoms with Crippen molar-refractivity contribution in [3.8, 4) is 0 Å². The van der Waals surface area contributed by atoms with Gasteiger partial charge < -0.3 is 10.4 Å². The fourth-order valence-corrected chi connectivity index (χ4v) is 3.21. The number of aromatic carboxylic acids is 1. The van der Waals surface area contributed by atoms with Crippen LogP contribution < -0.4 is 5.32 Å². The molecule has 2 N–H and O–H groups in total. The lowest BCUT2D eigenvalue weighted by Gasteiger charge is -2.13. The smallest absolute Gasteiger partial charge is 0.338 e. The Labute approximate surface area is 114 Å². The number of thioether (sulfide) groups is 1. The van der Waals surface area contributed by atoms with Gasteiger partial charge in [0, 0.05) is 29.6 Å². The van der Waals surface area contributed by atoms with Gasteiger partial charge in [0.15, 0.2) is 0 Å². The van der Waals surface area contributed by atoms with Crippen molar-refractivity contribution in [1.29, 1.82) is 0 Å². The molecule has 1 aliphatic heterocycles. The third-order valence-electron chi connectivity index (χ3n) is 2.99. The summed E-state index contributed by atoms with van der Waals surface area (Å²) in [5.74, 6) is -0.0245. The molecule has 102 valence electrons. The van der Waals surface area contributed by atoms with E-state index >= 15 is 0 Å². The van der Waals surface area contributed by atoms with E-state index in [9.17, 15) is 14.9 Å². The molecular weight excluding hydrogens is 268 g/mol. The van der Waals surface area contributed by atoms with E-state index in [1.165, 1.54) is 18.6 Å². The van der Waals surface area contributed by atoms with Gasteiger partial charge in [-0.2, -0.15) is 11.8 Å². The zero-order valence-corrected chi connectivity index (χ0v) is 11.0. The number of non-ortho nitro benzene ring substituents is 1. The Morgan fingerprint density at radius 3 is 2.95 bits per heavy atom. The number of nitrogens with one attached hydrogen (secondary N) is 1. The number of rotatable bonds is 5. The molecule has 1 aliphatic rings. The average Bonchev–Trinajstić information content (AvgIpc) is 2.89. The zero-order chi connectivity index (χ0) is 13.8. The van der Waals surface area contributed by atoms with Crippen LogP contribution in [0.2, 0.25) is 0 Å². The average molecular weight is 282 g/mol. The van der Waals surface area contributed by atoms with Crippen LogP contribution in [0.25, 0.3) is 0 Å². The molecule has 0 aliphatic carbocycles. The molecule has 0 bridgehead atoms. The van der Waals surface area contributed by atoms with Gasteiger partial charge in [-0.25, -0.2) is 4.79 Å². The van der Waals surface area contributed by atoms with Crippen molar-refractivity contribution in [3.05, 3.63) is 33.9 Å². The van der Waals surface area contributed by atoms with Gasteiger partial charge in [-0.05, 0) is 24.7 Å². The van der Waals surface area contributed by atoms with E-state index in [4.69, 9.17) is 5.11 Å². The summed E-state index contributed by atoms with van der Waals surface area (Å²) in [4.78, 5) is 21.2. The SMILES string of the molecule is O=C(O)c1cc([N+](=O)[O-])ccc1NCC1CCCS1. The lowest BCUT2D eigenvalue weighted by Crippen LogP contribution is -2.15. The number of nitro groups is 1. The Hall–Kier alpha value is -1.76. The molecule has 1 saturated heterocycles. The molecule has 6 nitrogen and oxygen atoms in total. The quantitative estimate of drug-likeness (QED) is 0.637. The van der Waals surface area contributed by atoms with Crippen LogP contribution >= 0.6 is 11.8 Å². The molecule has 1 aromatic carbocycles. The second-order valence-electron chi connectivity index (χ2n) is 4.31. The Morgan fingerprint density at radius 1 is 1.58 bits per heavy atom. The lowest BCUT2D eigenvalue weighted by molar-refractivity contribution is -0.384. The summed E-state index contributed by atoms with van der Waals surface area (Å²) in [5.41, 5.74) is 0.168. The Bertz CT molecular complexity index is 501. The fraction of sp³-hybridized carbons (Fsp3) is 0.417. The largest absolute Gasteiger partial charge is 0.478 e. The molecule has 1 aromatic rings. The standard InChI is InChI=1S/C12H14N2O4S/c15-12(16)10-6-8(14(17)18)3-4-11(10)13-7-9-2-1-5-19-9/h3-4,6,9,13H,1-2,5,7H2,(H,15,16). The highest BCUT2D eigenvalue weighted by Crippen LogP contribution is 2.27. The number of hydrogen-bond acceptors (Lipinski definition) is 5. The summed E-state index contributed by atoms with van der Waals surface area (Å²) in [6, 6.07) is 3.87. The van der Waals surface area contributed by atoms with Gasteiger partial charge in [0.2, 0.25) is 0 Å². The third-order valence-corrected chi connectivity index (χ3v) is 4.39. The number of nitro benzene ring substituents is 1. The molecule has 0 saturated carbocycles. The highest BCUT2D eigenvalue weighted by Gasteiger charge is 2.19. The molecule has 1 unspecified atom stereocenters. The molecule has 0 amide bonds. The summed E-state index contributed by atoms with van der Waals surface area (Å²) >= 11 is 1.87. The van der Waals surface area contributed by atoms with E-state index < -0.39 is 10.9 Å². The lowest BCUT2D eigenvalue weighted by atomic mass is 10.1. The van der Waals surface area contributed by atoms with Gasteiger partial charge in [-0.3, -0.25) is 10.1 Å². The molecule has 1 fully saturated rings. The number of anilines is 1. The molecule has 7 heteroatoms. The molecule has 0 radical (unpaired) electrons. The van der Waals surface area contributed by atoms with E-state index in [2.05, 4.69) is 5.32 Å². The van der Waals surface area contributed by atoms with Crippen LogP contribution in [-0.4, -0.2) is 33.5 Å². The first-order valence-electron chi connectivity index (χ1n) is 5.95. The van der Waals surface area contributed by atoms with Crippen LogP contribution in [0.1, 0.15) is 23.2 Å². The van der Waals surface area contributed by atoms with E-state index in [0.29, 0.717) is 17.5 Å². The first-order chi connectivity index (χ1) is 9.08. The molecule has 0 spiro atoms. The van der Waals surface area contributed by atoms with Crippen molar-refractivity contribution in [2.45, 2.75) is 18.1 Å². The Balaban J connectivity index is 2.14. The topological polar surface area (TPSA) is 92.5 Å². The highest BCUT2D eigenvalue weighted by atomic mass is 32.2. The van der Waals surface area contributed by atoms with Crippen molar-refractivity contribution in [3.63, 3.8) is 0 Å². The maximum Gasteiger partial charge on any atom is 0.338 e. The zero-order valence-electron chi connectivity index (χ0n) is 10.2. The number of nitrogens with zero attached hydrogens (tertiary/aromatic N) is 1. The summed E-state index contributed by atoms with van der Waals surface area (Å²) in [6.45, 7) is 0.683. The van der Waals surface area contributed by atoms with Crippen LogP contribution in [0, 0.1) is 10.1 Å². The summed E-state index contributed by atoms with van der Waals surface area (Å²) in [5, 5.41) is 23.3. The van der Waals surface area contributed by atoms with Gasteiger partial charge in [0.25, 0.3) is 5.69 Å². The molecule has 2 rings (SSSR count). The van der Waals surface area contributed by atoms with Gasteiger partial charge in [0.1, 0.15) is 0 Å². The second-order valence-corrected chi connectivity index (χ2v) is 5.72. The molecule has 1 heterocycles. The maximum absolute atomic E-state index is 11.1. The summed E-state index contributed by atoms with van der Waals surface area (Å²) in [6.07, 6.45) is 2.30. The molecule has 19 heavy (non-hydrogen) atoms. The highest BCUT2D eigenvalue weighted by molar-refractivity contribution is 8.00. The normalized spacial score (nSPS) is 18.2. The van der Waals surface area contributed by atoms with Crippen LogP contribution in [0.4, 0.5) is 11.4 Å². The third kappa shape index (κ3) is 3.37. The van der Waals surface area contributed by atoms with Gasteiger partial charge >= 0.3 is 5.97 Å². The van der Waals surface area contributed by atoms with Gasteiger partial charge in [-0.15, -0.1) is 0 Å². The Morgan fingerprint density at radius 2 is 2.37 bits per heavy atom. The van der Waals surface area contributed by atoms with E-state index in [-0.39, 0.29) is 11.3 Å². The van der Waals surface area contributed by atoms with Crippen LogP contribution in [0.3, 0.4) is 0 Å². The maximum atomic E-state index is 11.1. The summed E-state index contributed by atoms with van der Waals surface area (Å²) in [7, 11) is 0. The van der Waals surface area contributed by atoms with Crippen molar-refractivity contribution >= 4 is 29.1 Å². The Kier molecular flexibility index (Phi) is 4.26. The van der Waals surface area contributed by atoms with Crippen molar-refractivity contribution in [2.75, 3.05) is 17.6 Å². The van der Waals surface area contributed by atoms with Crippen molar-refractivity contribution in [2.24, 2.45) is 0 Å². The minimum atomic E-state index is -1.16. The number of benzene rings is 1. The number of hydrogen-bond donors (Lipinski definition) is 2. The minimum absolute atomic E-state index is 0.0582. The molecule has 1 atom stereocenters. The first-order valence-corrected chi connectivity index (χ1v) is 7.00. The van der Waals surface area contributed by atoms with Crippen LogP contribution in [0.15, 0.2) is 18.2 Å². The second kappa shape index (κ2) is 5.92. The first kappa shape index (κ1) is 13.7. The van der Waals surface area contributed by atoms with E-state index in [1.807, 2.05) is 11.8 Å². The minimum Gasteiger partial charge on any atom is -0.478 e. The van der Waals surface area contributed by atoms with E-state index in [0.717, 1.165) is 18.2 Å². The number of carboxylic acids is 1. The van der Waals surface area contributed by atoms with Gasteiger partial charge in [0.05, 0.1) is 10.5 Å². The predicted molar refractivity (Wildman–Crippen MR) is 74.0 cm³/mol. The number of carbonyl (C=O) groups is 1. The fourth-order valence-electron chi connectivity index (χ4n) is 2.01. The predicted octanol–water partition coefficient (Wildman–Crippen LogP) is 2.60.